The van der Waals surface area contributed by atoms with Gasteiger partial charge in [0.1, 0.15) is 6.04 Å². The van der Waals surface area contributed by atoms with Crippen LogP contribution in [0.4, 0.5) is 0 Å². The first-order valence-electron chi connectivity index (χ1n) is 6.00. The topological polar surface area (TPSA) is 75.1 Å². The SMILES string of the molecule is CCOC(=O)C(N=[N+]=[N-])C1CCCCCC1. The summed E-state index contributed by atoms with van der Waals surface area (Å²) < 4.78 is 4.95. The van der Waals surface area contributed by atoms with Gasteiger partial charge in [-0.3, -0.25) is 4.79 Å². The van der Waals surface area contributed by atoms with Gasteiger partial charge in [-0.2, -0.15) is 0 Å². The van der Waals surface area contributed by atoms with Crippen molar-refractivity contribution in [3.63, 3.8) is 0 Å². The molecule has 0 aliphatic heterocycles. The average Bonchev–Trinajstić information content (AvgIpc) is 2.54. The van der Waals surface area contributed by atoms with E-state index in [-0.39, 0.29) is 11.9 Å². The molecule has 0 bridgehead atoms. The Morgan fingerprint density at radius 1 is 1.44 bits per heavy atom. The lowest BCUT2D eigenvalue weighted by molar-refractivity contribution is -0.146. The fourth-order valence-electron chi connectivity index (χ4n) is 2.24. The number of azide groups is 1. The van der Waals surface area contributed by atoms with Crippen molar-refractivity contribution < 1.29 is 9.53 Å². The van der Waals surface area contributed by atoms with Gasteiger partial charge < -0.3 is 4.74 Å². The Morgan fingerprint density at radius 2 is 2.06 bits per heavy atom. The maximum Gasteiger partial charge on any atom is 0.315 e. The molecule has 5 heteroatoms. The molecule has 5 nitrogen and oxygen atoms in total. The van der Waals surface area contributed by atoms with Crippen molar-refractivity contribution in [3.05, 3.63) is 10.4 Å². The summed E-state index contributed by atoms with van der Waals surface area (Å²) in [6.45, 7) is 2.10. The van der Waals surface area contributed by atoms with E-state index < -0.39 is 6.04 Å². The van der Waals surface area contributed by atoms with Crippen molar-refractivity contribution in [1.29, 1.82) is 0 Å². The third-order valence-electron chi connectivity index (χ3n) is 3.05. The molecule has 0 radical (unpaired) electrons. The van der Waals surface area contributed by atoms with E-state index in [0.29, 0.717) is 6.61 Å². The molecule has 1 aliphatic carbocycles. The molecule has 0 aromatic heterocycles. The van der Waals surface area contributed by atoms with Crippen LogP contribution in [0.3, 0.4) is 0 Å². The Labute approximate surface area is 95.8 Å². The Kier molecular flexibility index (Phi) is 5.72. The largest absolute Gasteiger partial charge is 0.466 e. The predicted molar refractivity (Wildman–Crippen MR) is 60.8 cm³/mol. The fourth-order valence-corrected chi connectivity index (χ4v) is 2.24. The van der Waals surface area contributed by atoms with Gasteiger partial charge in [-0.25, -0.2) is 0 Å². The van der Waals surface area contributed by atoms with Crippen LogP contribution in [0.1, 0.15) is 45.4 Å². The molecule has 0 aromatic rings. The van der Waals surface area contributed by atoms with Crippen molar-refractivity contribution >= 4 is 5.97 Å². The van der Waals surface area contributed by atoms with Gasteiger partial charge in [-0.05, 0) is 31.2 Å². The lowest BCUT2D eigenvalue weighted by Crippen LogP contribution is -2.29. The zero-order valence-electron chi connectivity index (χ0n) is 9.76. The van der Waals surface area contributed by atoms with Gasteiger partial charge in [0.2, 0.25) is 0 Å². The lowest BCUT2D eigenvalue weighted by atomic mass is 9.92. The first kappa shape index (κ1) is 12.8. The van der Waals surface area contributed by atoms with Crippen molar-refractivity contribution in [2.24, 2.45) is 11.0 Å². The van der Waals surface area contributed by atoms with E-state index in [9.17, 15) is 4.79 Å². The van der Waals surface area contributed by atoms with Crippen LogP contribution in [0.25, 0.3) is 10.4 Å². The average molecular weight is 225 g/mol. The summed E-state index contributed by atoms with van der Waals surface area (Å²) in [5.41, 5.74) is 8.51. The highest BCUT2D eigenvalue weighted by Gasteiger charge is 2.28. The van der Waals surface area contributed by atoms with E-state index in [1.807, 2.05) is 0 Å². The molecule has 0 spiro atoms. The van der Waals surface area contributed by atoms with Crippen molar-refractivity contribution in [2.75, 3.05) is 6.61 Å². The summed E-state index contributed by atoms with van der Waals surface area (Å²) in [7, 11) is 0. The summed E-state index contributed by atoms with van der Waals surface area (Å²) >= 11 is 0. The summed E-state index contributed by atoms with van der Waals surface area (Å²) in [5, 5.41) is 3.61. The highest BCUT2D eigenvalue weighted by Crippen LogP contribution is 2.27. The second kappa shape index (κ2) is 7.12. The highest BCUT2D eigenvalue weighted by atomic mass is 16.5. The zero-order valence-corrected chi connectivity index (χ0v) is 9.76. The van der Waals surface area contributed by atoms with E-state index in [0.717, 1.165) is 25.7 Å². The second-order valence-electron chi connectivity index (χ2n) is 4.15. The number of carbonyl (C=O) groups is 1. The molecule has 0 aromatic carbocycles. The number of hydrogen-bond donors (Lipinski definition) is 0. The van der Waals surface area contributed by atoms with E-state index in [1.54, 1.807) is 6.92 Å². The fraction of sp³-hybridized carbons (Fsp3) is 0.909. The van der Waals surface area contributed by atoms with Crippen molar-refractivity contribution in [2.45, 2.75) is 51.5 Å². The van der Waals surface area contributed by atoms with Gasteiger partial charge in [-0.1, -0.05) is 30.8 Å². The molecule has 1 aliphatic rings. The van der Waals surface area contributed by atoms with E-state index in [1.165, 1.54) is 12.8 Å². The third-order valence-corrected chi connectivity index (χ3v) is 3.05. The van der Waals surface area contributed by atoms with Crippen LogP contribution in [0.2, 0.25) is 0 Å². The standard InChI is InChI=1S/C11H19N3O2/c1-2-16-11(15)10(13-14-12)9-7-5-3-4-6-8-9/h9-10H,2-8H2,1H3. The van der Waals surface area contributed by atoms with Crippen LogP contribution in [0.5, 0.6) is 0 Å². The molecule has 0 saturated heterocycles. The van der Waals surface area contributed by atoms with Gasteiger partial charge in [0.15, 0.2) is 0 Å². The first-order chi connectivity index (χ1) is 7.79. The highest BCUT2D eigenvalue weighted by molar-refractivity contribution is 5.76. The van der Waals surface area contributed by atoms with Crippen molar-refractivity contribution in [1.82, 2.24) is 0 Å². The van der Waals surface area contributed by atoms with Gasteiger partial charge in [0.25, 0.3) is 0 Å². The number of esters is 1. The molecule has 1 atom stereocenters. The first-order valence-corrected chi connectivity index (χ1v) is 6.00. The molecule has 1 fully saturated rings. The zero-order chi connectivity index (χ0) is 11.8. The molecular weight excluding hydrogens is 206 g/mol. The van der Waals surface area contributed by atoms with Gasteiger partial charge in [-0.15, -0.1) is 0 Å². The normalized spacial score (nSPS) is 19.3. The second-order valence-corrected chi connectivity index (χ2v) is 4.15. The number of hydrogen-bond acceptors (Lipinski definition) is 3. The summed E-state index contributed by atoms with van der Waals surface area (Å²) in [4.78, 5) is 14.4. The maximum atomic E-state index is 11.7. The van der Waals surface area contributed by atoms with Crippen LogP contribution < -0.4 is 0 Å². The number of carbonyl (C=O) groups excluding carboxylic acids is 1. The molecule has 0 heterocycles. The molecule has 1 rings (SSSR count). The van der Waals surface area contributed by atoms with Crippen LogP contribution in [0.15, 0.2) is 5.11 Å². The monoisotopic (exact) mass is 225 g/mol. The number of rotatable bonds is 4. The van der Waals surface area contributed by atoms with Gasteiger partial charge in [0, 0.05) is 4.91 Å². The van der Waals surface area contributed by atoms with E-state index in [2.05, 4.69) is 10.0 Å². The minimum atomic E-state index is -0.622. The smallest absolute Gasteiger partial charge is 0.315 e. The third kappa shape index (κ3) is 3.74. The predicted octanol–water partition coefficient (Wildman–Crippen LogP) is 3.20. The Hall–Kier alpha value is -1.22. The number of ether oxygens (including phenoxy) is 1. The molecule has 0 N–H and O–H groups in total. The Balaban J connectivity index is 2.66. The van der Waals surface area contributed by atoms with Crippen LogP contribution in [-0.4, -0.2) is 18.6 Å². The Morgan fingerprint density at radius 3 is 2.56 bits per heavy atom. The molecule has 0 amide bonds. The Bertz CT molecular complexity index is 266. The summed E-state index contributed by atoms with van der Waals surface area (Å²) in [6, 6.07) is -0.622. The van der Waals surface area contributed by atoms with Crippen LogP contribution in [0, 0.1) is 5.92 Å². The molecule has 1 unspecified atom stereocenters. The quantitative estimate of drug-likeness (QED) is 0.242. The summed E-state index contributed by atoms with van der Waals surface area (Å²) in [5.74, 6) is -0.204. The molecule has 90 valence electrons. The van der Waals surface area contributed by atoms with Gasteiger partial charge in [0.05, 0.1) is 6.61 Å². The van der Waals surface area contributed by atoms with Gasteiger partial charge >= 0.3 is 5.97 Å². The maximum absolute atomic E-state index is 11.7. The van der Waals surface area contributed by atoms with Crippen LogP contribution in [-0.2, 0) is 9.53 Å². The van der Waals surface area contributed by atoms with Crippen molar-refractivity contribution in [3.8, 4) is 0 Å². The minimum Gasteiger partial charge on any atom is -0.466 e. The van der Waals surface area contributed by atoms with E-state index in [4.69, 9.17) is 10.3 Å². The number of nitrogens with zero attached hydrogens (tertiary/aromatic N) is 3. The lowest BCUT2D eigenvalue weighted by Gasteiger charge is -2.19. The molecule has 16 heavy (non-hydrogen) atoms. The summed E-state index contributed by atoms with van der Waals surface area (Å²) in [6.07, 6.45) is 6.57. The molecular formula is C11H19N3O2. The van der Waals surface area contributed by atoms with E-state index >= 15 is 0 Å². The minimum absolute atomic E-state index is 0.164. The molecule has 1 saturated carbocycles. The van der Waals surface area contributed by atoms with Crippen LogP contribution >= 0.6 is 0 Å².